The summed E-state index contributed by atoms with van der Waals surface area (Å²) in [7, 11) is 0. The van der Waals surface area contributed by atoms with Crippen molar-refractivity contribution in [3.63, 3.8) is 0 Å². The van der Waals surface area contributed by atoms with Crippen molar-refractivity contribution in [2.45, 2.75) is 85.2 Å². The van der Waals surface area contributed by atoms with Gasteiger partial charge in [-0.1, -0.05) is 77.1 Å². The van der Waals surface area contributed by atoms with Gasteiger partial charge in [0.25, 0.3) is 0 Å². The average molecular weight is 672 g/mol. The molecule has 0 spiro atoms. The standard InChI is InChI=1S/C41H47F2NO5/c1-40(2,3)39(45)44-21-20-28-12-14-31(15-13-28)47-26-29-9-8-10-30(23-29)27-48-32-16-18-34(36(42)24-32)41(4,5)35-19-17-33(25-37(35)43)49-38-11-6-7-22-46-38/h8-10,12-19,23-25,38H,6-7,11,20-22,26-27H2,1-5H3,(H,44,45). The molecule has 0 aliphatic carbocycles. The van der Waals surface area contributed by atoms with Crippen molar-refractivity contribution in [3.05, 3.63) is 124 Å². The molecule has 4 aromatic carbocycles. The van der Waals surface area contributed by atoms with Crippen molar-refractivity contribution >= 4 is 5.91 Å². The SMILES string of the molecule is CC(C)(C)C(=O)NCCc1ccc(OCc2cccc(COc3ccc(C(C)(C)c4ccc(OC5CCCCO5)cc4F)c(F)c3)c2)cc1. The highest BCUT2D eigenvalue weighted by molar-refractivity contribution is 5.81. The van der Waals surface area contributed by atoms with E-state index in [0.717, 1.165) is 48.1 Å². The fraction of sp³-hybridized carbons (Fsp3) is 0.390. The Hall–Kier alpha value is -4.43. The predicted molar refractivity (Wildman–Crippen MR) is 187 cm³/mol. The van der Waals surface area contributed by atoms with E-state index >= 15 is 8.78 Å². The van der Waals surface area contributed by atoms with Crippen LogP contribution in [0.4, 0.5) is 8.78 Å². The maximum Gasteiger partial charge on any atom is 0.225 e. The van der Waals surface area contributed by atoms with Crippen LogP contribution in [0.3, 0.4) is 0 Å². The monoisotopic (exact) mass is 671 g/mol. The molecular weight excluding hydrogens is 624 g/mol. The molecule has 0 bridgehead atoms. The molecule has 8 heteroatoms. The van der Waals surface area contributed by atoms with Gasteiger partial charge >= 0.3 is 0 Å². The Morgan fingerprint density at radius 2 is 1.35 bits per heavy atom. The summed E-state index contributed by atoms with van der Waals surface area (Å²) < 4.78 is 54.2. The molecule has 1 fully saturated rings. The normalized spacial score (nSPS) is 15.0. The summed E-state index contributed by atoms with van der Waals surface area (Å²) in [6.07, 6.45) is 3.16. The molecule has 1 atom stereocenters. The van der Waals surface area contributed by atoms with E-state index < -0.39 is 22.5 Å². The van der Waals surface area contributed by atoms with Gasteiger partial charge in [0.1, 0.15) is 42.1 Å². The van der Waals surface area contributed by atoms with Crippen LogP contribution in [0.5, 0.6) is 17.2 Å². The van der Waals surface area contributed by atoms with Crippen LogP contribution in [0, 0.1) is 17.0 Å². The lowest BCUT2D eigenvalue weighted by molar-refractivity contribution is -0.128. The van der Waals surface area contributed by atoms with Crippen molar-refractivity contribution in [2.24, 2.45) is 5.41 Å². The Labute approximate surface area is 288 Å². The molecule has 1 aliphatic rings. The molecule has 4 aromatic rings. The molecule has 260 valence electrons. The molecule has 0 aromatic heterocycles. The Morgan fingerprint density at radius 1 is 0.755 bits per heavy atom. The number of hydrogen-bond acceptors (Lipinski definition) is 5. The maximum absolute atomic E-state index is 15.5. The van der Waals surface area contributed by atoms with Crippen LogP contribution in [0.15, 0.2) is 84.9 Å². The number of halogens is 2. The van der Waals surface area contributed by atoms with Crippen LogP contribution in [0.2, 0.25) is 0 Å². The van der Waals surface area contributed by atoms with Crippen LogP contribution >= 0.6 is 0 Å². The van der Waals surface area contributed by atoms with Crippen LogP contribution in [0.25, 0.3) is 0 Å². The van der Waals surface area contributed by atoms with Gasteiger partial charge in [-0.25, -0.2) is 8.78 Å². The summed E-state index contributed by atoms with van der Waals surface area (Å²) in [5.41, 5.74) is 2.40. The number of hydrogen-bond donors (Lipinski definition) is 1. The molecule has 0 radical (unpaired) electrons. The largest absolute Gasteiger partial charge is 0.489 e. The third kappa shape index (κ3) is 9.82. The molecule has 1 saturated heterocycles. The summed E-state index contributed by atoms with van der Waals surface area (Å²) >= 11 is 0. The number of amides is 1. The molecule has 49 heavy (non-hydrogen) atoms. The molecule has 1 amide bonds. The smallest absolute Gasteiger partial charge is 0.225 e. The zero-order valence-corrected chi connectivity index (χ0v) is 29.1. The first kappa shape index (κ1) is 35.9. The van der Waals surface area contributed by atoms with Gasteiger partial charge in [-0.15, -0.1) is 0 Å². The van der Waals surface area contributed by atoms with Gasteiger partial charge in [-0.3, -0.25) is 4.79 Å². The summed E-state index contributed by atoms with van der Waals surface area (Å²) in [5.74, 6) is 0.637. The van der Waals surface area contributed by atoms with Gasteiger partial charge in [-0.2, -0.15) is 0 Å². The predicted octanol–water partition coefficient (Wildman–Crippen LogP) is 9.06. The second kappa shape index (κ2) is 15.9. The zero-order valence-electron chi connectivity index (χ0n) is 29.1. The highest BCUT2D eigenvalue weighted by Gasteiger charge is 2.30. The molecule has 6 nitrogen and oxygen atoms in total. The number of benzene rings is 4. The van der Waals surface area contributed by atoms with E-state index in [-0.39, 0.29) is 18.8 Å². The Balaban J connectivity index is 1.13. The lowest BCUT2D eigenvalue weighted by Crippen LogP contribution is -2.35. The highest BCUT2D eigenvalue weighted by atomic mass is 19.1. The van der Waals surface area contributed by atoms with E-state index in [1.807, 2.05) is 69.3 Å². The van der Waals surface area contributed by atoms with E-state index in [4.69, 9.17) is 18.9 Å². The second-order valence-corrected chi connectivity index (χ2v) is 14.1. The number of ether oxygens (including phenoxy) is 4. The number of nitrogens with one attached hydrogen (secondary N) is 1. The van der Waals surface area contributed by atoms with Gasteiger partial charge < -0.3 is 24.3 Å². The van der Waals surface area contributed by atoms with Crippen molar-refractivity contribution in [1.82, 2.24) is 5.32 Å². The third-order valence-electron chi connectivity index (χ3n) is 8.74. The van der Waals surface area contributed by atoms with Crippen LogP contribution in [-0.4, -0.2) is 25.3 Å². The summed E-state index contributed by atoms with van der Waals surface area (Å²) in [6, 6.07) is 25.2. The first-order valence-electron chi connectivity index (χ1n) is 17.0. The minimum atomic E-state index is -0.940. The van der Waals surface area contributed by atoms with Gasteiger partial charge in [0.2, 0.25) is 5.91 Å². The fourth-order valence-electron chi connectivity index (χ4n) is 5.75. The maximum atomic E-state index is 15.5. The molecular formula is C41H47F2NO5. The summed E-state index contributed by atoms with van der Waals surface area (Å²) in [4.78, 5) is 12.1. The molecule has 1 unspecified atom stereocenters. The van der Waals surface area contributed by atoms with Crippen molar-refractivity contribution in [2.75, 3.05) is 13.2 Å². The van der Waals surface area contributed by atoms with Gasteiger partial charge in [0, 0.05) is 35.9 Å². The first-order chi connectivity index (χ1) is 23.4. The first-order valence-corrected chi connectivity index (χ1v) is 17.0. The number of rotatable bonds is 13. The molecule has 1 heterocycles. The van der Waals surface area contributed by atoms with Crippen molar-refractivity contribution in [1.29, 1.82) is 0 Å². The second-order valence-electron chi connectivity index (χ2n) is 14.1. The Morgan fingerprint density at radius 3 is 1.94 bits per heavy atom. The molecule has 0 saturated carbocycles. The number of carbonyl (C=O) groups is 1. The number of carbonyl (C=O) groups excluding carboxylic acids is 1. The Kier molecular flexibility index (Phi) is 11.6. The van der Waals surface area contributed by atoms with Crippen LogP contribution < -0.4 is 19.5 Å². The summed E-state index contributed by atoms with van der Waals surface area (Å²) in [6.45, 7) is 11.1. The quantitative estimate of drug-likeness (QED) is 0.154. The van der Waals surface area contributed by atoms with Gasteiger partial charge in [0.15, 0.2) is 6.29 Å². The minimum Gasteiger partial charge on any atom is -0.489 e. The van der Waals surface area contributed by atoms with Gasteiger partial charge in [-0.05, 0) is 77.4 Å². The van der Waals surface area contributed by atoms with Crippen molar-refractivity contribution in [3.8, 4) is 17.2 Å². The fourth-order valence-corrected chi connectivity index (χ4v) is 5.75. The third-order valence-corrected chi connectivity index (χ3v) is 8.74. The van der Waals surface area contributed by atoms with E-state index in [2.05, 4.69) is 5.32 Å². The van der Waals surface area contributed by atoms with Gasteiger partial charge in [0.05, 0.1) is 6.61 Å². The van der Waals surface area contributed by atoms with Crippen LogP contribution in [-0.2, 0) is 34.6 Å². The lowest BCUT2D eigenvalue weighted by Gasteiger charge is -2.28. The van der Waals surface area contributed by atoms with E-state index in [9.17, 15) is 4.79 Å². The van der Waals surface area contributed by atoms with Crippen molar-refractivity contribution < 1.29 is 32.5 Å². The molecule has 1 aliphatic heterocycles. The summed E-state index contributed by atoms with van der Waals surface area (Å²) in [5, 5.41) is 2.97. The zero-order chi connectivity index (χ0) is 35.0. The molecule has 5 rings (SSSR count). The topological polar surface area (TPSA) is 66.0 Å². The molecule has 1 N–H and O–H groups in total. The minimum absolute atomic E-state index is 0.0389. The van der Waals surface area contributed by atoms with E-state index in [1.54, 1.807) is 38.1 Å². The lowest BCUT2D eigenvalue weighted by atomic mass is 9.77. The Bertz CT molecular complexity index is 1710. The van der Waals surface area contributed by atoms with Crippen LogP contribution in [0.1, 0.15) is 81.7 Å². The van der Waals surface area contributed by atoms with E-state index in [0.29, 0.717) is 42.4 Å². The average Bonchev–Trinajstić information content (AvgIpc) is 3.07. The highest BCUT2D eigenvalue weighted by Crippen LogP contribution is 2.37. The van der Waals surface area contributed by atoms with E-state index in [1.165, 1.54) is 12.1 Å².